The number of hydrogen-bond acceptors (Lipinski definition) is 6. The number of fused-ring (bicyclic) bond motifs is 1. The molecule has 1 aliphatic rings. The second-order valence-electron chi connectivity index (χ2n) is 10.3. The average molecular weight is 574 g/mol. The van der Waals surface area contributed by atoms with E-state index in [2.05, 4.69) is 10.0 Å². The van der Waals surface area contributed by atoms with Gasteiger partial charge in [-0.15, -0.1) is 0 Å². The molecule has 3 aromatic carbocycles. The van der Waals surface area contributed by atoms with E-state index in [9.17, 15) is 22.8 Å². The largest absolute Gasteiger partial charge is 0.446 e. The minimum atomic E-state index is -4.02. The Labute approximate surface area is 238 Å². The predicted molar refractivity (Wildman–Crippen MR) is 157 cm³/mol. The topological polar surface area (TPSA) is 124 Å². The first-order chi connectivity index (χ1) is 19.6. The Kier molecular flexibility index (Phi) is 7.94. The first-order valence-electron chi connectivity index (χ1n) is 13.4. The molecular formula is C31H31N3O6S. The van der Waals surface area contributed by atoms with E-state index in [1.807, 2.05) is 11.5 Å². The first kappa shape index (κ1) is 28.1. The zero-order valence-corrected chi connectivity index (χ0v) is 23.7. The molecule has 2 N–H and O–H groups in total. The van der Waals surface area contributed by atoms with Crippen LogP contribution in [0.25, 0.3) is 10.9 Å². The van der Waals surface area contributed by atoms with E-state index in [0.29, 0.717) is 28.7 Å². The number of nitrogens with one attached hydrogen (secondary N) is 2. The zero-order chi connectivity index (χ0) is 29.1. The summed E-state index contributed by atoms with van der Waals surface area (Å²) in [4.78, 5) is 37.9. The van der Waals surface area contributed by atoms with Gasteiger partial charge in [-0.3, -0.25) is 14.9 Å². The third kappa shape index (κ3) is 6.33. The molecule has 0 unspecified atom stereocenters. The number of ether oxygens (including phenoxy) is 1. The van der Waals surface area contributed by atoms with Crippen LogP contribution >= 0.6 is 0 Å². The summed E-state index contributed by atoms with van der Waals surface area (Å²) < 4.78 is 35.0. The van der Waals surface area contributed by atoms with Crippen LogP contribution in [-0.2, 0) is 21.3 Å². The van der Waals surface area contributed by atoms with Crippen LogP contribution < -0.4 is 15.5 Å². The van der Waals surface area contributed by atoms with Gasteiger partial charge in [0.05, 0.1) is 10.4 Å². The summed E-state index contributed by atoms with van der Waals surface area (Å²) in [5.41, 5.74) is 3.31. The fraction of sp³-hybridized carbons (Fsp3) is 0.258. The van der Waals surface area contributed by atoms with E-state index in [1.165, 1.54) is 6.07 Å². The normalized spacial score (nSPS) is 13.7. The number of pyridine rings is 1. The third-order valence-corrected chi connectivity index (χ3v) is 8.80. The highest BCUT2D eigenvalue weighted by Crippen LogP contribution is 2.23. The van der Waals surface area contributed by atoms with Gasteiger partial charge in [-0.25, -0.2) is 17.9 Å². The number of anilines is 1. The Morgan fingerprint density at radius 3 is 2.37 bits per heavy atom. The molecule has 41 heavy (non-hydrogen) atoms. The van der Waals surface area contributed by atoms with Gasteiger partial charge in [0.25, 0.3) is 15.9 Å². The van der Waals surface area contributed by atoms with E-state index in [-0.39, 0.29) is 22.0 Å². The maximum absolute atomic E-state index is 12.7. The van der Waals surface area contributed by atoms with Crippen molar-refractivity contribution >= 4 is 38.6 Å². The lowest BCUT2D eigenvalue weighted by Gasteiger charge is -2.17. The van der Waals surface area contributed by atoms with Gasteiger partial charge in [0.2, 0.25) is 0 Å². The van der Waals surface area contributed by atoms with Crippen molar-refractivity contribution in [2.45, 2.75) is 57.1 Å². The van der Waals surface area contributed by atoms with E-state index >= 15 is 0 Å². The quantitative estimate of drug-likeness (QED) is 0.310. The highest BCUT2D eigenvalue weighted by molar-refractivity contribution is 7.90. The molecule has 0 aliphatic heterocycles. The summed E-state index contributed by atoms with van der Waals surface area (Å²) >= 11 is 0. The van der Waals surface area contributed by atoms with Crippen LogP contribution in [0, 0.1) is 13.8 Å². The smallest absolute Gasteiger partial charge is 0.411 e. The van der Waals surface area contributed by atoms with E-state index < -0.39 is 22.0 Å². The number of nitrogens with zero attached hydrogens (tertiary/aromatic N) is 1. The zero-order valence-electron chi connectivity index (χ0n) is 22.8. The number of aromatic nitrogens is 1. The second-order valence-corrected chi connectivity index (χ2v) is 12.0. The van der Waals surface area contributed by atoms with Crippen LogP contribution in [0.2, 0.25) is 0 Å². The van der Waals surface area contributed by atoms with Crippen molar-refractivity contribution in [3.8, 4) is 0 Å². The van der Waals surface area contributed by atoms with Crippen molar-refractivity contribution in [2.75, 3.05) is 5.32 Å². The highest BCUT2D eigenvalue weighted by atomic mass is 32.2. The van der Waals surface area contributed by atoms with Crippen molar-refractivity contribution < 1.29 is 22.7 Å². The Morgan fingerprint density at radius 2 is 1.66 bits per heavy atom. The molecule has 2 amide bonds. The standard InChI is InChI=1S/C31H31N3O6S/c1-20-7-3-6-10-29(20)41(38,39)33-30(36)23-13-11-22(12-14-23)19-34-21(2)17-28(35)26-16-15-24(18-27(26)34)32-31(37)40-25-8-4-5-9-25/h3,6-7,10-18,25H,4-5,8-9,19H2,1-2H3,(H,32,37)(H,33,36). The number of sulfonamides is 1. The molecule has 4 aromatic rings. The number of amides is 2. The van der Waals surface area contributed by atoms with Crippen molar-refractivity contribution in [2.24, 2.45) is 0 Å². The molecule has 10 heteroatoms. The van der Waals surface area contributed by atoms with Gasteiger partial charge in [0, 0.05) is 34.9 Å². The fourth-order valence-corrected chi connectivity index (χ4v) is 6.35. The van der Waals surface area contributed by atoms with E-state index in [4.69, 9.17) is 4.74 Å². The summed E-state index contributed by atoms with van der Waals surface area (Å²) in [7, 11) is -4.02. The monoisotopic (exact) mass is 573 g/mol. The van der Waals surface area contributed by atoms with Crippen molar-refractivity contribution in [3.63, 3.8) is 0 Å². The van der Waals surface area contributed by atoms with Gasteiger partial charge in [-0.05, 0) is 87.1 Å². The Morgan fingerprint density at radius 1 is 0.951 bits per heavy atom. The maximum Gasteiger partial charge on any atom is 0.411 e. The molecule has 1 fully saturated rings. The fourth-order valence-electron chi connectivity index (χ4n) is 5.13. The molecule has 1 saturated carbocycles. The van der Waals surface area contributed by atoms with Gasteiger partial charge in [-0.1, -0.05) is 30.3 Å². The van der Waals surface area contributed by atoms with Gasteiger partial charge in [0.1, 0.15) is 6.10 Å². The van der Waals surface area contributed by atoms with Crippen molar-refractivity contribution in [3.05, 3.63) is 105 Å². The van der Waals surface area contributed by atoms with Gasteiger partial charge < -0.3 is 9.30 Å². The summed E-state index contributed by atoms with van der Waals surface area (Å²) in [6.07, 6.45) is 3.26. The molecule has 1 heterocycles. The van der Waals surface area contributed by atoms with Crippen molar-refractivity contribution in [1.82, 2.24) is 9.29 Å². The number of rotatable bonds is 7. The minimum absolute atomic E-state index is 0.0474. The summed E-state index contributed by atoms with van der Waals surface area (Å²) in [5, 5.41) is 3.28. The van der Waals surface area contributed by atoms with Crippen LogP contribution in [0.3, 0.4) is 0 Å². The summed E-state index contributed by atoms with van der Waals surface area (Å²) in [6.45, 7) is 3.87. The van der Waals surface area contributed by atoms with Crippen molar-refractivity contribution in [1.29, 1.82) is 0 Å². The number of carbonyl (C=O) groups excluding carboxylic acids is 2. The third-order valence-electron chi connectivity index (χ3n) is 7.31. The Hall–Kier alpha value is -4.44. The number of aryl methyl sites for hydroxylation is 2. The van der Waals surface area contributed by atoms with Crippen LogP contribution in [0.5, 0.6) is 0 Å². The van der Waals surface area contributed by atoms with Gasteiger partial charge >= 0.3 is 6.09 Å². The lowest BCUT2D eigenvalue weighted by molar-refractivity contribution is 0.0981. The number of hydrogen-bond donors (Lipinski definition) is 2. The molecule has 5 rings (SSSR count). The predicted octanol–water partition coefficient (Wildman–Crippen LogP) is 5.28. The lowest BCUT2D eigenvalue weighted by atomic mass is 10.1. The molecular weight excluding hydrogens is 542 g/mol. The SMILES string of the molecule is Cc1ccccc1S(=O)(=O)NC(=O)c1ccc(Cn2c(C)cc(=O)c3ccc(NC(=O)OC4CCCC4)cc32)cc1. The van der Waals surface area contributed by atoms with E-state index in [1.54, 1.807) is 73.7 Å². The van der Waals surface area contributed by atoms with Crippen LogP contribution in [0.4, 0.5) is 10.5 Å². The summed E-state index contributed by atoms with van der Waals surface area (Å²) in [5.74, 6) is -0.731. The molecule has 0 saturated heterocycles. The number of carbonyl (C=O) groups is 2. The Balaban J connectivity index is 1.35. The Bertz CT molecular complexity index is 1790. The molecule has 0 spiro atoms. The average Bonchev–Trinajstić information content (AvgIpc) is 3.44. The first-order valence-corrected chi connectivity index (χ1v) is 14.9. The van der Waals surface area contributed by atoms with Gasteiger partial charge in [-0.2, -0.15) is 0 Å². The van der Waals surface area contributed by atoms with E-state index in [0.717, 1.165) is 36.9 Å². The van der Waals surface area contributed by atoms with Crippen LogP contribution in [0.1, 0.15) is 52.9 Å². The maximum atomic E-state index is 12.7. The molecule has 1 aliphatic carbocycles. The number of benzene rings is 3. The summed E-state index contributed by atoms with van der Waals surface area (Å²) in [6, 6.07) is 19.7. The molecule has 9 nitrogen and oxygen atoms in total. The lowest BCUT2D eigenvalue weighted by Crippen LogP contribution is -2.31. The molecule has 212 valence electrons. The molecule has 0 radical (unpaired) electrons. The minimum Gasteiger partial charge on any atom is -0.446 e. The molecule has 0 atom stereocenters. The highest BCUT2D eigenvalue weighted by Gasteiger charge is 2.21. The van der Waals surface area contributed by atoms with Gasteiger partial charge in [0.15, 0.2) is 5.43 Å². The van der Waals surface area contributed by atoms with Crippen LogP contribution in [0.15, 0.2) is 82.5 Å². The second kappa shape index (κ2) is 11.6. The molecule has 0 bridgehead atoms. The molecule has 1 aromatic heterocycles. The van der Waals surface area contributed by atoms with Crippen LogP contribution in [-0.4, -0.2) is 31.1 Å².